The Morgan fingerprint density at radius 3 is 2.52 bits per heavy atom. The summed E-state index contributed by atoms with van der Waals surface area (Å²) in [5, 5.41) is 2.79. The highest BCUT2D eigenvalue weighted by molar-refractivity contribution is 9.10. The fraction of sp³-hybridized carbons (Fsp3) is 0.200. The third kappa shape index (κ3) is 4.07. The van der Waals surface area contributed by atoms with Gasteiger partial charge < -0.3 is 14.8 Å². The van der Waals surface area contributed by atoms with E-state index in [2.05, 4.69) is 21.2 Å². The topological polar surface area (TPSA) is 30.5 Å². The van der Waals surface area contributed by atoms with E-state index < -0.39 is 11.6 Å². The molecular formula is C15H14BrF2NO2. The fourth-order valence-electron chi connectivity index (χ4n) is 1.74. The van der Waals surface area contributed by atoms with Crippen LogP contribution in [0.5, 0.6) is 11.5 Å². The molecule has 1 N–H and O–H groups in total. The molecule has 0 radical (unpaired) electrons. The predicted molar refractivity (Wildman–Crippen MR) is 81.0 cm³/mol. The lowest BCUT2D eigenvalue weighted by Crippen LogP contribution is -2.13. The number of anilines is 1. The maximum absolute atomic E-state index is 13.6. The van der Waals surface area contributed by atoms with Crippen molar-refractivity contribution in [2.75, 3.05) is 25.6 Å². The third-order valence-electron chi connectivity index (χ3n) is 2.75. The van der Waals surface area contributed by atoms with Gasteiger partial charge in [-0.2, -0.15) is 0 Å². The predicted octanol–water partition coefficient (Wildman–Crippen LogP) is 4.23. The molecular weight excluding hydrogens is 344 g/mol. The highest BCUT2D eigenvalue weighted by Crippen LogP contribution is 2.26. The molecule has 0 unspecified atom stereocenters. The standard InChI is InChI=1S/C15H14BrF2NO2/c1-20-14-4-2-3-5-15(14)21-7-6-19-13-9-11(17)10(16)8-12(13)18/h2-5,8-9,19H,6-7H2,1H3. The van der Waals surface area contributed by atoms with Crippen LogP contribution in [0.1, 0.15) is 0 Å². The van der Waals surface area contributed by atoms with Crippen LogP contribution in [0.4, 0.5) is 14.5 Å². The molecule has 0 aliphatic rings. The van der Waals surface area contributed by atoms with Crippen molar-refractivity contribution >= 4 is 21.6 Å². The normalized spacial score (nSPS) is 10.3. The van der Waals surface area contributed by atoms with E-state index in [1.54, 1.807) is 19.2 Å². The highest BCUT2D eigenvalue weighted by Gasteiger charge is 2.08. The molecule has 2 rings (SSSR count). The van der Waals surface area contributed by atoms with E-state index in [0.29, 0.717) is 18.0 Å². The van der Waals surface area contributed by atoms with Gasteiger partial charge in [-0.1, -0.05) is 12.1 Å². The van der Waals surface area contributed by atoms with Gasteiger partial charge in [0.15, 0.2) is 11.5 Å². The van der Waals surface area contributed by atoms with Gasteiger partial charge in [-0.15, -0.1) is 0 Å². The quantitative estimate of drug-likeness (QED) is 0.619. The van der Waals surface area contributed by atoms with Crippen molar-refractivity contribution in [3.8, 4) is 11.5 Å². The maximum Gasteiger partial charge on any atom is 0.161 e. The smallest absolute Gasteiger partial charge is 0.161 e. The van der Waals surface area contributed by atoms with Crippen molar-refractivity contribution in [2.24, 2.45) is 0 Å². The minimum atomic E-state index is -0.527. The monoisotopic (exact) mass is 357 g/mol. The summed E-state index contributed by atoms with van der Waals surface area (Å²) in [5.41, 5.74) is 0.0966. The lowest BCUT2D eigenvalue weighted by atomic mass is 10.3. The van der Waals surface area contributed by atoms with Crippen LogP contribution < -0.4 is 14.8 Å². The number of benzene rings is 2. The Labute approximate surface area is 130 Å². The van der Waals surface area contributed by atoms with E-state index in [4.69, 9.17) is 9.47 Å². The summed E-state index contributed by atoms with van der Waals surface area (Å²) in [6, 6.07) is 9.41. The molecule has 2 aromatic carbocycles. The number of methoxy groups -OCH3 is 1. The largest absolute Gasteiger partial charge is 0.493 e. The second kappa shape index (κ2) is 7.26. The Morgan fingerprint density at radius 1 is 1.10 bits per heavy atom. The van der Waals surface area contributed by atoms with E-state index in [0.717, 1.165) is 12.1 Å². The number of hydrogen-bond acceptors (Lipinski definition) is 3. The van der Waals surface area contributed by atoms with Crippen molar-refractivity contribution in [3.05, 3.63) is 52.5 Å². The summed E-state index contributed by atoms with van der Waals surface area (Å²) in [5.74, 6) is 0.174. The van der Waals surface area contributed by atoms with E-state index >= 15 is 0 Å². The lowest BCUT2D eigenvalue weighted by Gasteiger charge is -2.12. The molecule has 0 aliphatic carbocycles. The second-order valence-electron chi connectivity index (χ2n) is 4.17. The summed E-state index contributed by atoms with van der Waals surface area (Å²) >= 11 is 2.93. The Hall–Kier alpha value is -1.82. The lowest BCUT2D eigenvalue weighted by molar-refractivity contribution is 0.305. The minimum absolute atomic E-state index is 0.0934. The average Bonchev–Trinajstić information content (AvgIpc) is 2.49. The molecule has 0 amide bonds. The van der Waals surface area contributed by atoms with Gasteiger partial charge in [0.2, 0.25) is 0 Å². The van der Waals surface area contributed by atoms with Crippen LogP contribution in [0.25, 0.3) is 0 Å². The summed E-state index contributed by atoms with van der Waals surface area (Å²) < 4.78 is 37.7. The molecule has 0 heterocycles. The van der Waals surface area contributed by atoms with Crippen LogP contribution in [0.15, 0.2) is 40.9 Å². The van der Waals surface area contributed by atoms with E-state index in [-0.39, 0.29) is 16.8 Å². The van der Waals surface area contributed by atoms with Gasteiger partial charge in [0.1, 0.15) is 18.2 Å². The zero-order valence-corrected chi connectivity index (χ0v) is 12.9. The molecule has 112 valence electrons. The Morgan fingerprint density at radius 2 is 1.81 bits per heavy atom. The molecule has 0 spiro atoms. The van der Waals surface area contributed by atoms with E-state index in [9.17, 15) is 8.78 Å². The number of halogens is 3. The van der Waals surface area contributed by atoms with Crippen LogP contribution in [0.3, 0.4) is 0 Å². The Bertz CT molecular complexity index is 623. The minimum Gasteiger partial charge on any atom is -0.493 e. The first-order valence-electron chi connectivity index (χ1n) is 6.26. The molecule has 0 saturated heterocycles. The molecule has 21 heavy (non-hydrogen) atoms. The highest BCUT2D eigenvalue weighted by atomic mass is 79.9. The number of hydrogen-bond donors (Lipinski definition) is 1. The summed E-state index contributed by atoms with van der Waals surface area (Å²) in [7, 11) is 1.56. The fourth-order valence-corrected chi connectivity index (χ4v) is 2.06. The van der Waals surface area contributed by atoms with Crippen LogP contribution >= 0.6 is 15.9 Å². The Kier molecular flexibility index (Phi) is 5.38. The summed E-state index contributed by atoms with van der Waals surface area (Å²) in [6.45, 7) is 0.619. The van der Waals surface area contributed by atoms with Crippen molar-refractivity contribution in [3.63, 3.8) is 0 Å². The molecule has 0 aliphatic heterocycles. The first-order chi connectivity index (χ1) is 10.1. The van der Waals surface area contributed by atoms with E-state index in [1.807, 2.05) is 12.1 Å². The Balaban J connectivity index is 1.89. The van der Waals surface area contributed by atoms with Crippen LogP contribution in [0.2, 0.25) is 0 Å². The van der Waals surface area contributed by atoms with Gasteiger partial charge in [-0.25, -0.2) is 8.78 Å². The average molecular weight is 358 g/mol. The summed E-state index contributed by atoms with van der Waals surface area (Å²) in [6.07, 6.45) is 0. The van der Waals surface area contributed by atoms with Gasteiger partial charge in [0.25, 0.3) is 0 Å². The van der Waals surface area contributed by atoms with Gasteiger partial charge >= 0.3 is 0 Å². The second-order valence-corrected chi connectivity index (χ2v) is 5.03. The van der Waals surface area contributed by atoms with Crippen molar-refractivity contribution in [1.29, 1.82) is 0 Å². The van der Waals surface area contributed by atoms with Crippen molar-refractivity contribution < 1.29 is 18.3 Å². The van der Waals surface area contributed by atoms with Crippen LogP contribution in [-0.2, 0) is 0 Å². The zero-order valence-electron chi connectivity index (χ0n) is 11.3. The van der Waals surface area contributed by atoms with Crippen molar-refractivity contribution in [2.45, 2.75) is 0 Å². The zero-order chi connectivity index (χ0) is 15.2. The van der Waals surface area contributed by atoms with Gasteiger partial charge in [-0.05, 0) is 34.1 Å². The molecule has 0 aromatic heterocycles. The van der Waals surface area contributed by atoms with Gasteiger partial charge in [0.05, 0.1) is 17.3 Å². The number of ether oxygens (including phenoxy) is 2. The molecule has 3 nitrogen and oxygen atoms in total. The van der Waals surface area contributed by atoms with Crippen molar-refractivity contribution in [1.82, 2.24) is 0 Å². The van der Waals surface area contributed by atoms with E-state index in [1.165, 1.54) is 0 Å². The van der Waals surface area contributed by atoms with Gasteiger partial charge in [-0.3, -0.25) is 0 Å². The third-order valence-corrected chi connectivity index (χ3v) is 3.36. The first kappa shape index (κ1) is 15.6. The molecule has 2 aromatic rings. The molecule has 0 bridgehead atoms. The number of rotatable bonds is 6. The number of nitrogens with one attached hydrogen (secondary N) is 1. The molecule has 0 fully saturated rings. The molecule has 0 saturated carbocycles. The van der Waals surface area contributed by atoms with Crippen LogP contribution in [-0.4, -0.2) is 20.3 Å². The summed E-state index contributed by atoms with van der Waals surface area (Å²) in [4.78, 5) is 0. The molecule has 6 heteroatoms. The van der Waals surface area contributed by atoms with Crippen LogP contribution in [0, 0.1) is 11.6 Å². The maximum atomic E-state index is 13.6. The molecule has 0 atom stereocenters. The SMILES string of the molecule is COc1ccccc1OCCNc1cc(F)c(Br)cc1F. The number of para-hydroxylation sites is 2. The first-order valence-corrected chi connectivity index (χ1v) is 7.05. The van der Waals surface area contributed by atoms with Gasteiger partial charge in [0, 0.05) is 12.6 Å².